The lowest BCUT2D eigenvalue weighted by molar-refractivity contribution is -0.384. The quantitative estimate of drug-likeness (QED) is 0.341. The van der Waals surface area contributed by atoms with Crippen molar-refractivity contribution < 1.29 is 22.9 Å². The van der Waals surface area contributed by atoms with E-state index in [0.717, 1.165) is 28.6 Å². The van der Waals surface area contributed by atoms with Gasteiger partial charge in [0.25, 0.3) is 5.69 Å². The van der Waals surface area contributed by atoms with Crippen LogP contribution in [0.15, 0.2) is 34.2 Å². The minimum atomic E-state index is -3.92. The van der Waals surface area contributed by atoms with Crippen molar-refractivity contribution in [2.45, 2.75) is 11.1 Å². The number of isocyanates is 1. The van der Waals surface area contributed by atoms with Crippen LogP contribution in [0.3, 0.4) is 0 Å². The van der Waals surface area contributed by atoms with E-state index in [2.05, 4.69) is 4.99 Å². The molecule has 1 fully saturated rings. The minimum Gasteiger partial charge on any atom is -0.376 e. The van der Waals surface area contributed by atoms with Crippen LogP contribution in [-0.2, 0) is 19.6 Å². The van der Waals surface area contributed by atoms with Gasteiger partial charge in [-0.25, -0.2) is 13.2 Å². The molecule has 0 aromatic heterocycles. The maximum Gasteiger partial charge on any atom is 0.269 e. The van der Waals surface area contributed by atoms with Crippen molar-refractivity contribution in [1.29, 1.82) is 0 Å². The number of morpholine rings is 1. The van der Waals surface area contributed by atoms with Gasteiger partial charge in [0.2, 0.25) is 16.1 Å². The lowest BCUT2D eigenvalue weighted by Crippen LogP contribution is -2.47. The third kappa shape index (κ3) is 3.14. The number of sulfonamides is 1. The van der Waals surface area contributed by atoms with Gasteiger partial charge in [-0.3, -0.25) is 10.1 Å². The zero-order valence-electron chi connectivity index (χ0n) is 10.7. The van der Waals surface area contributed by atoms with Gasteiger partial charge in [0.1, 0.15) is 0 Å². The van der Waals surface area contributed by atoms with E-state index in [1.807, 2.05) is 0 Å². The number of non-ortho nitro benzene ring substituents is 1. The highest BCUT2D eigenvalue weighted by molar-refractivity contribution is 7.89. The Kier molecular flexibility index (Phi) is 4.43. The van der Waals surface area contributed by atoms with Gasteiger partial charge in [0.15, 0.2) is 6.17 Å². The summed E-state index contributed by atoms with van der Waals surface area (Å²) in [6.07, 6.45) is 0.339. The third-order valence-corrected chi connectivity index (χ3v) is 4.82. The van der Waals surface area contributed by atoms with Gasteiger partial charge in [-0.05, 0) is 12.1 Å². The Morgan fingerprint density at radius 2 is 2.05 bits per heavy atom. The van der Waals surface area contributed by atoms with Crippen LogP contribution >= 0.6 is 0 Å². The van der Waals surface area contributed by atoms with Crippen LogP contribution in [0.25, 0.3) is 0 Å². The van der Waals surface area contributed by atoms with Gasteiger partial charge < -0.3 is 4.74 Å². The molecular weight excluding hydrogens is 302 g/mol. The molecule has 9 nitrogen and oxygen atoms in total. The number of hydrogen-bond acceptors (Lipinski definition) is 7. The molecule has 1 atom stereocenters. The van der Waals surface area contributed by atoms with Crippen LogP contribution in [0.1, 0.15) is 0 Å². The zero-order valence-corrected chi connectivity index (χ0v) is 11.5. The van der Waals surface area contributed by atoms with Crippen LogP contribution in [0, 0.1) is 10.1 Å². The van der Waals surface area contributed by atoms with E-state index >= 15 is 0 Å². The second-order valence-electron chi connectivity index (χ2n) is 4.14. The fourth-order valence-corrected chi connectivity index (χ4v) is 3.39. The van der Waals surface area contributed by atoms with E-state index in [9.17, 15) is 23.3 Å². The van der Waals surface area contributed by atoms with E-state index < -0.39 is 21.1 Å². The predicted molar refractivity (Wildman–Crippen MR) is 69.7 cm³/mol. The number of aliphatic imine (C=N–C) groups is 1. The van der Waals surface area contributed by atoms with Gasteiger partial charge in [-0.1, -0.05) is 0 Å². The molecule has 0 amide bonds. The number of hydrogen-bond donors (Lipinski definition) is 0. The van der Waals surface area contributed by atoms with E-state index in [1.54, 1.807) is 0 Å². The Morgan fingerprint density at radius 3 is 2.62 bits per heavy atom. The first-order valence-corrected chi connectivity index (χ1v) is 7.32. The first-order valence-electron chi connectivity index (χ1n) is 5.88. The Bertz CT molecular complexity index is 680. The van der Waals surface area contributed by atoms with Crippen molar-refractivity contribution >= 4 is 21.8 Å². The summed E-state index contributed by atoms with van der Waals surface area (Å²) in [5, 5.41) is 10.6. The molecule has 0 spiro atoms. The van der Waals surface area contributed by atoms with Crippen LogP contribution in [0.2, 0.25) is 0 Å². The normalized spacial score (nSPS) is 19.7. The fourth-order valence-electron chi connectivity index (χ4n) is 1.89. The molecule has 0 bridgehead atoms. The average Bonchev–Trinajstić information content (AvgIpc) is 2.48. The minimum absolute atomic E-state index is 0.0369. The molecule has 1 aromatic carbocycles. The highest BCUT2D eigenvalue weighted by Crippen LogP contribution is 2.23. The van der Waals surface area contributed by atoms with E-state index in [-0.39, 0.29) is 30.3 Å². The summed E-state index contributed by atoms with van der Waals surface area (Å²) in [6, 6.07) is 4.49. The maximum atomic E-state index is 12.5. The second kappa shape index (κ2) is 6.10. The molecule has 112 valence electrons. The summed E-state index contributed by atoms with van der Waals surface area (Å²) in [5.41, 5.74) is -0.210. The van der Waals surface area contributed by atoms with Gasteiger partial charge in [0, 0.05) is 18.7 Å². The van der Waals surface area contributed by atoms with Crippen molar-refractivity contribution in [2.75, 3.05) is 19.8 Å². The molecule has 0 saturated carbocycles. The van der Waals surface area contributed by atoms with Crippen LogP contribution in [0.4, 0.5) is 5.69 Å². The largest absolute Gasteiger partial charge is 0.376 e. The summed E-state index contributed by atoms with van der Waals surface area (Å²) < 4.78 is 31.0. The van der Waals surface area contributed by atoms with Gasteiger partial charge in [0.05, 0.1) is 23.0 Å². The van der Waals surface area contributed by atoms with Crippen LogP contribution in [-0.4, -0.2) is 49.7 Å². The average molecular weight is 313 g/mol. The smallest absolute Gasteiger partial charge is 0.269 e. The molecule has 1 aromatic rings. The predicted octanol–water partition coefficient (Wildman–Crippen LogP) is 0.278. The zero-order chi connectivity index (χ0) is 15.5. The van der Waals surface area contributed by atoms with Crippen molar-refractivity contribution in [3.8, 4) is 0 Å². The number of nitro benzene ring substituents is 1. The molecule has 1 heterocycles. The molecule has 0 aliphatic carbocycles. The highest BCUT2D eigenvalue weighted by atomic mass is 32.2. The van der Waals surface area contributed by atoms with Crippen LogP contribution < -0.4 is 0 Å². The highest BCUT2D eigenvalue weighted by Gasteiger charge is 2.34. The first-order chi connectivity index (χ1) is 9.96. The Morgan fingerprint density at radius 1 is 1.38 bits per heavy atom. The van der Waals surface area contributed by atoms with Crippen molar-refractivity contribution in [3.63, 3.8) is 0 Å². The first kappa shape index (κ1) is 15.3. The van der Waals surface area contributed by atoms with E-state index in [4.69, 9.17) is 4.74 Å². The molecule has 10 heteroatoms. The molecule has 2 rings (SSSR count). The summed E-state index contributed by atoms with van der Waals surface area (Å²) in [5.74, 6) is 0. The number of nitro groups is 1. The van der Waals surface area contributed by atoms with E-state index in [1.165, 1.54) is 6.08 Å². The SMILES string of the molecule is O=C=NC1COCCN1S(=O)(=O)c1ccc([N+](=O)[O-])cc1. The Balaban J connectivity index is 2.35. The maximum absolute atomic E-state index is 12.5. The number of rotatable bonds is 4. The topological polar surface area (TPSA) is 119 Å². The molecule has 1 saturated heterocycles. The van der Waals surface area contributed by atoms with Gasteiger partial charge >= 0.3 is 0 Å². The third-order valence-electron chi connectivity index (χ3n) is 2.91. The summed E-state index contributed by atoms with van der Waals surface area (Å²) in [7, 11) is -3.92. The van der Waals surface area contributed by atoms with Gasteiger partial charge in [-0.2, -0.15) is 9.30 Å². The summed E-state index contributed by atoms with van der Waals surface area (Å²) in [4.78, 5) is 23.6. The lowest BCUT2D eigenvalue weighted by Gasteiger charge is -2.30. The summed E-state index contributed by atoms with van der Waals surface area (Å²) in [6.45, 7) is 0.174. The lowest BCUT2D eigenvalue weighted by atomic mass is 10.3. The standard InChI is InChI=1S/C11H11N3O6S/c15-8-12-11-7-20-6-5-13(11)21(18,19)10-3-1-9(2-4-10)14(16)17/h1-4,11H,5-7H2. The van der Waals surface area contributed by atoms with Crippen molar-refractivity contribution in [1.82, 2.24) is 4.31 Å². The fraction of sp³-hybridized carbons (Fsp3) is 0.364. The number of carbonyl (C=O) groups excluding carboxylic acids is 1. The molecule has 0 radical (unpaired) electrons. The molecule has 1 unspecified atom stereocenters. The molecule has 1 aliphatic rings. The monoisotopic (exact) mass is 313 g/mol. The molecular formula is C11H11N3O6S. The van der Waals surface area contributed by atoms with E-state index in [0.29, 0.717) is 0 Å². The summed E-state index contributed by atoms with van der Waals surface area (Å²) >= 11 is 0. The molecule has 1 aliphatic heterocycles. The second-order valence-corrected chi connectivity index (χ2v) is 6.03. The van der Waals surface area contributed by atoms with Crippen molar-refractivity contribution in [3.05, 3.63) is 34.4 Å². The van der Waals surface area contributed by atoms with Crippen molar-refractivity contribution in [2.24, 2.45) is 4.99 Å². The van der Waals surface area contributed by atoms with Gasteiger partial charge in [-0.15, -0.1) is 0 Å². The van der Waals surface area contributed by atoms with Crippen LogP contribution in [0.5, 0.6) is 0 Å². The number of nitrogens with zero attached hydrogens (tertiary/aromatic N) is 3. The number of benzene rings is 1. The number of ether oxygens (including phenoxy) is 1. The molecule has 21 heavy (non-hydrogen) atoms. The Hall–Kier alpha value is -2.13. The molecule has 0 N–H and O–H groups in total. The Labute approximate surface area is 120 Å².